The van der Waals surface area contributed by atoms with Gasteiger partial charge in [0.2, 0.25) is 5.84 Å². The molecule has 1 aromatic heterocycles. The van der Waals surface area contributed by atoms with E-state index in [9.17, 15) is 14.0 Å². The van der Waals surface area contributed by atoms with E-state index in [0.717, 1.165) is 10.9 Å². The van der Waals surface area contributed by atoms with Crippen LogP contribution in [0.15, 0.2) is 47.6 Å². The SMILES string of the molecule is Cc1nn(Cc2ccccc2C#N)c2cc(C(F)(F)/C(=N/N)NN)ccc12. The summed E-state index contributed by atoms with van der Waals surface area (Å²) in [4.78, 5) is 0. The van der Waals surface area contributed by atoms with E-state index in [1.807, 2.05) is 11.5 Å². The molecule has 7 nitrogen and oxygen atoms in total. The van der Waals surface area contributed by atoms with E-state index in [1.165, 1.54) is 12.1 Å². The van der Waals surface area contributed by atoms with E-state index in [-0.39, 0.29) is 12.1 Å². The van der Waals surface area contributed by atoms with Gasteiger partial charge in [-0.15, -0.1) is 0 Å². The van der Waals surface area contributed by atoms with Gasteiger partial charge in [0.15, 0.2) is 0 Å². The second kappa shape index (κ2) is 7.01. The molecule has 9 heteroatoms. The topological polar surface area (TPSA) is 118 Å². The summed E-state index contributed by atoms with van der Waals surface area (Å²) in [7, 11) is 0. The van der Waals surface area contributed by atoms with Crippen molar-refractivity contribution < 1.29 is 8.78 Å². The molecule has 0 fully saturated rings. The number of hydrogen-bond acceptors (Lipinski definition) is 5. The quantitative estimate of drug-likeness (QED) is 0.282. The largest absolute Gasteiger partial charge is 0.332 e. The molecule has 0 amide bonds. The van der Waals surface area contributed by atoms with Gasteiger partial charge in [0.05, 0.1) is 29.4 Å². The fraction of sp³-hybridized carbons (Fsp3) is 0.167. The van der Waals surface area contributed by atoms with Crippen molar-refractivity contribution in [1.82, 2.24) is 15.2 Å². The van der Waals surface area contributed by atoms with Crippen molar-refractivity contribution in [2.24, 2.45) is 16.8 Å². The van der Waals surface area contributed by atoms with Crippen LogP contribution in [0.2, 0.25) is 0 Å². The number of hydrazone groups is 1. The highest BCUT2D eigenvalue weighted by molar-refractivity contribution is 5.91. The lowest BCUT2D eigenvalue weighted by molar-refractivity contribution is 0.0714. The normalized spacial score (nSPS) is 12.2. The first-order chi connectivity index (χ1) is 12.9. The Morgan fingerprint density at radius 2 is 2.07 bits per heavy atom. The monoisotopic (exact) mass is 369 g/mol. The number of amidine groups is 1. The molecule has 138 valence electrons. The maximum atomic E-state index is 14.6. The molecule has 0 atom stereocenters. The van der Waals surface area contributed by atoms with Crippen LogP contribution in [0.3, 0.4) is 0 Å². The molecule has 0 spiro atoms. The van der Waals surface area contributed by atoms with Gasteiger partial charge in [-0.25, -0.2) is 5.84 Å². The van der Waals surface area contributed by atoms with Gasteiger partial charge in [0.25, 0.3) is 0 Å². The summed E-state index contributed by atoms with van der Waals surface area (Å²) >= 11 is 0. The van der Waals surface area contributed by atoms with Gasteiger partial charge in [0.1, 0.15) is 0 Å². The molecule has 5 N–H and O–H groups in total. The van der Waals surface area contributed by atoms with Crippen molar-refractivity contribution >= 4 is 16.7 Å². The molecule has 0 saturated carbocycles. The third kappa shape index (κ3) is 3.18. The summed E-state index contributed by atoms with van der Waals surface area (Å²) in [6.45, 7) is 2.07. The number of nitrogens with one attached hydrogen (secondary N) is 1. The molecule has 3 aromatic rings. The molecule has 0 aliphatic carbocycles. The van der Waals surface area contributed by atoms with Gasteiger partial charge in [-0.05, 0) is 24.6 Å². The lowest BCUT2D eigenvalue weighted by Crippen LogP contribution is -2.43. The molecular formula is C18H17F2N7. The second-order valence-electron chi connectivity index (χ2n) is 5.94. The number of hydrogen-bond donors (Lipinski definition) is 3. The van der Waals surface area contributed by atoms with E-state index in [1.54, 1.807) is 35.9 Å². The molecule has 0 radical (unpaired) electrons. The van der Waals surface area contributed by atoms with Gasteiger partial charge in [0, 0.05) is 10.9 Å². The zero-order valence-corrected chi connectivity index (χ0v) is 14.4. The average Bonchev–Trinajstić information content (AvgIpc) is 2.98. The number of hydrazine groups is 1. The zero-order chi connectivity index (χ0) is 19.6. The first-order valence-corrected chi connectivity index (χ1v) is 8.00. The predicted molar refractivity (Wildman–Crippen MR) is 97.6 cm³/mol. The summed E-state index contributed by atoms with van der Waals surface area (Å²) in [5.41, 5.74) is 3.95. The van der Waals surface area contributed by atoms with Gasteiger partial charge >= 0.3 is 5.92 Å². The van der Waals surface area contributed by atoms with Crippen LogP contribution in [-0.2, 0) is 12.5 Å². The molecule has 0 bridgehead atoms. The minimum absolute atomic E-state index is 0.274. The highest BCUT2D eigenvalue weighted by atomic mass is 19.3. The zero-order valence-electron chi connectivity index (χ0n) is 14.4. The van der Waals surface area contributed by atoms with Gasteiger partial charge < -0.3 is 11.3 Å². The van der Waals surface area contributed by atoms with E-state index in [0.29, 0.717) is 16.8 Å². The number of halogens is 2. The number of aryl methyl sites for hydroxylation is 1. The van der Waals surface area contributed by atoms with Crippen LogP contribution < -0.4 is 17.1 Å². The maximum Gasteiger partial charge on any atom is 0.332 e. The molecule has 0 unspecified atom stereocenters. The van der Waals surface area contributed by atoms with E-state index >= 15 is 0 Å². The summed E-state index contributed by atoms with van der Waals surface area (Å²) in [5, 5.41) is 17.5. The second-order valence-corrected chi connectivity index (χ2v) is 5.94. The van der Waals surface area contributed by atoms with Crippen LogP contribution in [0.1, 0.15) is 22.4 Å². The van der Waals surface area contributed by atoms with Crippen molar-refractivity contribution in [1.29, 1.82) is 5.26 Å². The predicted octanol–water partition coefficient (Wildman–Crippen LogP) is 2.09. The third-order valence-corrected chi connectivity index (χ3v) is 4.32. The Morgan fingerprint density at radius 3 is 2.74 bits per heavy atom. The number of fused-ring (bicyclic) bond motifs is 1. The Labute approximate surface area is 153 Å². The summed E-state index contributed by atoms with van der Waals surface area (Å²) in [6, 6.07) is 13.4. The van der Waals surface area contributed by atoms with E-state index in [4.69, 9.17) is 11.7 Å². The molecule has 0 aliphatic rings. The Bertz CT molecular complexity index is 1060. The Hall–Kier alpha value is -3.51. The number of benzene rings is 2. The van der Waals surface area contributed by atoms with E-state index in [2.05, 4.69) is 16.3 Å². The number of nitrogens with zero attached hydrogens (tertiary/aromatic N) is 4. The number of nitrogens with two attached hydrogens (primary N) is 2. The molecule has 0 aliphatic heterocycles. The highest BCUT2D eigenvalue weighted by Gasteiger charge is 2.39. The van der Waals surface area contributed by atoms with Crippen LogP contribution in [-0.4, -0.2) is 15.6 Å². The van der Waals surface area contributed by atoms with Crippen molar-refractivity contribution in [3.05, 3.63) is 64.8 Å². The van der Waals surface area contributed by atoms with Gasteiger partial charge in [-0.1, -0.05) is 30.3 Å². The lowest BCUT2D eigenvalue weighted by Gasteiger charge is -2.18. The summed E-state index contributed by atoms with van der Waals surface area (Å²) < 4.78 is 30.8. The van der Waals surface area contributed by atoms with Crippen molar-refractivity contribution in [2.45, 2.75) is 19.4 Å². The molecule has 27 heavy (non-hydrogen) atoms. The maximum absolute atomic E-state index is 14.6. The lowest BCUT2D eigenvalue weighted by atomic mass is 10.0. The molecular weight excluding hydrogens is 352 g/mol. The average molecular weight is 369 g/mol. The van der Waals surface area contributed by atoms with Crippen molar-refractivity contribution in [3.63, 3.8) is 0 Å². The summed E-state index contributed by atoms with van der Waals surface area (Å²) in [6.07, 6.45) is 0. The Balaban J connectivity index is 2.12. The molecule has 0 saturated heterocycles. The van der Waals surface area contributed by atoms with Crippen LogP contribution in [0.4, 0.5) is 8.78 Å². The van der Waals surface area contributed by atoms with Crippen LogP contribution in [0.5, 0.6) is 0 Å². The fourth-order valence-electron chi connectivity index (χ4n) is 2.93. The highest BCUT2D eigenvalue weighted by Crippen LogP contribution is 2.32. The number of nitriles is 1. The molecule has 1 heterocycles. The smallest absolute Gasteiger partial charge is 0.321 e. The number of alkyl halides is 2. The molecule has 3 rings (SSSR count). The van der Waals surface area contributed by atoms with Crippen LogP contribution in [0.25, 0.3) is 10.9 Å². The number of rotatable bonds is 4. The van der Waals surface area contributed by atoms with E-state index < -0.39 is 11.8 Å². The Kier molecular flexibility index (Phi) is 4.75. The fourth-order valence-corrected chi connectivity index (χ4v) is 2.93. The summed E-state index contributed by atoms with van der Waals surface area (Å²) in [5.74, 6) is 5.76. The van der Waals surface area contributed by atoms with Crippen molar-refractivity contribution in [2.75, 3.05) is 0 Å². The first kappa shape index (κ1) is 18.3. The first-order valence-electron chi connectivity index (χ1n) is 8.00. The molecule has 2 aromatic carbocycles. The van der Waals surface area contributed by atoms with Gasteiger partial charge in [-0.3, -0.25) is 4.68 Å². The number of aromatic nitrogens is 2. The van der Waals surface area contributed by atoms with Gasteiger partial charge in [-0.2, -0.15) is 24.2 Å². The minimum atomic E-state index is -3.49. The van der Waals surface area contributed by atoms with Crippen LogP contribution >= 0.6 is 0 Å². The van der Waals surface area contributed by atoms with Crippen molar-refractivity contribution in [3.8, 4) is 6.07 Å². The van der Waals surface area contributed by atoms with Crippen LogP contribution in [0, 0.1) is 18.3 Å². The third-order valence-electron chi connectivity index (χ3n) is 4.32. The standard InChI is InChI=1S/C18H17F2N7/c1-11-15-7-6-14(18(19,20)17(24-22)25-23)8-16(15)27(26-11)10-13-5-3-2-4-12(13)9-21/h2-8H,10,22-23H2,1H3,(H,24,25). The minimum Gasteiger partial charge on any atom is -0.321 e. The Morgan fingerprint density at radius 1 is 1.33 bits per heavy atom.